The van der Waals surface area contributed by atoms with Gasteiger partial charge in [0.2, 0.25) is 0 Å². The zero-order valence-corrected chi connectivity index (χ0v) is 15.4. The molecule has 0 amide bonds. The summed E-state index contributed by atoms with van der Waals surface area (Å²) in [4.78, 5) is 2.39. The van der Waals surface area contributed by atoms with E-state index < -0.39 is 10.0 Å². The number of hydrogen-bond donors (Lipinski definition) is 1. The van der Waals surface area contributed by atoms with E-state index in [9.17, 15) is 8.42 Å². The topological polar surface area (TPSA) is 71.0 Å². The Kier molecular flexibility index (Phi) is 4.32. The van der Waals surface area contributed by atoms with E-state index in [1.807, 2.05) is 36.4 Å². The Labute approximate surface area is 153 Å². The summed E-state index contributed by atoms with van der Waals surface area (Å²) in [5.41, 5.74) is 1.75. The van der Waals surface area contributed by atoms with Gasteiger partial charge in [0.25, 0.3) is 10.0 Å². The van der Waals surface area contributed by atoms with E-state index in [2.05, 4.69) is 14.6 Å². The third kappa shape index (κ3) is 3.14. The lowest BCUT2D eigenvalue weighted by Crippen LogP contribution is -2.42. The van der Waals surface area contributed by atoms with Gasteiger partial charge in [-0.25, -0.2) is 0 Å². The summed E-state index contributed by atoms with van der Waals surface area (Å²) in [6.07, 6.45) is 1.83. The summed E-state index contributed by atoms with van der Waals surface area (Å²) in [7, 11) is -1.90. The number of rotatable bonds is 3. The van der Waals surface area contributed by atoms with Crippen molar-refractivity contribution in [2.24, 2.45) is 4.40 Å². The van der Waals surface area contributed by atoms with Crippen LogP contribution in [0.1, 0.15) is 18.4 Å². The average Bonchev–Trinajstić information content (AvgIpc) is 2.94. The van der Waals surface area contributed by atoms with Crippen molar-refractivity contribution in [3.8, 4) is 5.75 Å². The van der Waals surface area contributed by atoms with Crippen LogP contribution < -0.4 is 10.1 Å². The predicted octanol–water partition coefficient (Wildman–Crippen LogP) is 2.72. The maximum absolute atomic E-state index is 12.2. The molecule has 0 atom stereocenters. The standard InChI is InChI=1S/C19H21N3O3S/c1-25-16-6-4-5-15(13-16)20-14-9-11-22(12-10-14)19-17-7-2-3-8-18(17)26(23,24)21-19/h2-8,13-14,20H,9-12H2,1H3. The number of fused-ring (bicyclic) bond motifs is 1. The average molecular weight is 371 g/mol. The maximum Gasteiger partial charge on any atom is 0.285 e. The van der Waals surface area contributed by atoms with E-state index >= 15 is 0 Å². The number of amidine groups is 1. The highest BCUT2D eigenvalue weighted by atomic mass is 32.2. The van der Waals surface area contributed by atoms with Crippen LogP contribution in [-0.2, 0) is 10.0 Å². The first-order valence-electron chi connectivity index (χ1n) is 8.67. The second-order valence-corrected chi connectivity index (χ2v) is 8.10. The van der Waals surface area contributed by atoms with Crippen LogP contribution >= 0.6 is 0 Å². The minimum absolute atomic E-state index is 0.312. The molecule has 1 saturated heterocycles. The fourth-order valence-corrected chi connectivity index (χ4v) is 4.73. The third-order valence-corrected chi connectivity index (χ3v) is 6.17. The number of ether oxygens (including phenoxy) is 1. The number of hydrogen-bond acceptors (Lipinski definition) is 5. The van der Waals surface area contributed by atoms with Gasteiger partial charge in [-0.15, -0.1) is 4.40 Å². The largest absolute Gasteiger partial charge is 0.497 e. The van der Waals surface area contributed by atoms with Gasteiger partial charge in [-0.1, -0.05) is 18.2 Å². The molecule has 2 aliphatic rings. The van der Waals surface area contributed by atoms with Crippen molar-refractivity contribution in [1.82, 2.24) is 4.90 Å². The summed E-state index contributed by atoms with van der Waals surface area (Å²) < 4.78 is 33.7. The molecule has 0 aliphatic carbocycles. The van der Waals surface area contributed by atoms with Crippen molar-refractivity contribution in [2.45, 2.75) is 23.8 Å². The number of nitrogens with zero attached hydrogens (tertiary/aromatic N) is 2. The molecule has 2 heterocycles. The molecule has 0 bridgehead atoms. The number of sulfonamides is 1. The Morgan fingerprint density at radius 1 is 1.12 bits per heavy atom. The van der Waals surface area contributed by atoms with Gasteiger partial charge in [0.15, 0.2) is 5.84 Å². The number of likely N-dealkylation sites (tertiary alicyclic amines) is 1. The van der Waals surface area contributed by atoms with E-state index in [1.54, 1.807) is 19.2 Å². The minimum atomic E-state index is -3.56. The monoisotopic (exact) mass is 371 g/mol. The molecule has 2 aromatic rings. The number of nitrogens with one attached hydrogen (secondary N) is 1. The quantitative estimate of drug-likeness (QED) is 0.898. The highest BCUT2D eigenvalue weighted by molar-refractivity contribution is 7.90. The minimum Gasteiger partial charge on any atom is -0.497 e. The van der Waals surface area contributed by atoms with Gasteiger partial charge in [-0.3, -0.25) is 0 Å². The Morgan fingerprint density at radius 3 is 2.65 bits per heavy atom. The molecular weight excluding hydrogens is 350 g/mol. The molecule has 0 saturated carbocycles. The van der Waals surface area contributed by atoms with Gasteiger partial charge in [0.05, 0.1) is 7.11 Å². The predicted molar refractivity (Wildman–Crippen MR) is 101 cm³/mol. The molecule has 1 N–H and O–H groups in total. The van der Waals surface area contributed by atoms with Crippen molar-refractivity contribution in [1.29, 1.82) is 0 Å². The van der Waals surface area contributed by atoms with Crippen LogP contribution in [-0.4, -0.2) is 45.4 Å². The Hall–Kier alpha value is -2.54. The normalized spacial score (nSPS) is 19.0. The molecule has 0 spiro atoms. The van der Waals surface area contributed by atoms with Crippen LogP contribution in [0.2, 0.25) is 0 Å². The first kappa shape index (κ1) is 16.9. The van der Waals surface area contributed by atoms with Gasteiger partial charge in [0, 0.05) is 36.4 Å². The second kappa shape index (κ2) is 6.64. The molecule has 6 nitrogen and oxygen atoms in total. The fourth-order valence-electron chi connectivity index (χ4n) is 3.50. The van der Waals surface area contributed by atoms with E-state index in [1.165, 1.54) is 0 Å². The van der Waals surface area contributed by atoms with Crippen LogP contribution in [0, 0.1) is 0 Å². The van der Waals surface area contributed by atoms with Gasteiger partial charge in [-0.2, -0.15) is 8.42 Å². The van der Waals surface area contributed by atoms with Crippen molar-refractivity contribution in [2.75, 3.05) is 25.5 Å². The molecule has 4 rings (SSSR count). The van der Waals surface area contributed by atoms with Gasteiger partial charge in [-0.05, 0) is 37.1 Å². The first-order valence-corrected chi connectivity index (χ1v) is 10.1. The van der Waals surface area contributed by atoms with E-state index in [-0.39, 0.29) is 0 Å². The summed E-state index contributed by atoms with van der Waals surface area (Å²) in [6, 6.07) is 15.3. The van der Waals surface area contributed by atoms with Gasteiger partial charge in [0.1, 0.15) is 10.6 Å². The van der Waals surface area contributed by atoms with Crippen LogP contribution in [0.15, 0.2) is 57.8 Å². The molecule has 136 valence electrons. The highest BCUT2D eigenvalue weighted by Crippen LogP contribution is 2.29. The molecule has 2 aromatic carbocycles. The molecule has 0 radical (unpaired) electrons. The van der Waals surface area contributed by atoms with E-state index in [0.717, 1.165) is 37.4 Å². The van der Waals surface area contributed by atoms with Gasteiger partial charge < -0.3 is 15.0 Å². The summed E-state index contributed by atoms with van der Waals surface area (Å²) in [6.45, 7) is 1.54. The zero-order chi connectivity index (χ0) is 18.1. The van der Waals surface area contributed by atoms with Crippen molar-refractivity contribution >= 4 is 21.5 Å². The van der Waals surface area contributed by atoms with Gasteiger partial charge >= 0.3 is 0 Å². The number of piperidine rings is 1. The maximum atomic E-state index is 12.2. The Bertz CT molecular complexity index is 948. The molecule has 7 heteroatoms. The zero-order valence-electron chi connectivity index (χ0n) is 14.6. The summed E-state index contributed by atoms with van der Waals surface area (Å²) in [5.74, 6) is 1.41. The molecule has 26 heavy (non-hydrogen) atoms. The molecule has 0 unspecified atom stereocenters. The summed E-state index contributed by atoms with van der Waals surface area (Å²) in [5, 5.41) is 3.54. The van der Waals surface area contributed by atoms with E-state index in [0.29, 0.717) is 22.3 Å². The van der Waals surface area contributed by atoms with Crippen molar-refractivity contribution in [3.63, 3.8) is 0 Å². The van der Waals surface area contributed by atoms with Crippen LogP contribution in [0.4, 0.5) is 5.69 Å². The smallest absolute Gasteiger partial charge is 0.285 e. The van der Waals surface area contributed by atoms with Crippen molar-refractivity contribution in [3.05, 3.63) is 54.1 Å². The number of methoxy groups -OCH3 is 1. The fraction of sp³-hybridized carbons (Fsp3) is 0.316. The lowest BCUT2D eigenvalue weighted by atomic mass is 10.0. The van der Waals surface area contributed by atoms with Crippen LogP contribution in [0.5, 0.6) is 5.75 Å². The Balaban J connectivity index is 1.44. The van der Waals surface area contributed by atoms with Crippen LogP contribution in [0.25, 0.3) is 0 Å². The molecular formula is C19H21N3O3S. The lowest BCUT2D eigenvalue weighted by Gasteiger charge is -2.34. The van der Waals surface area contributed by atoms with E-state index in [4.69, 9.17) is 4.74 Å². The second-order valence-electron chi connectivity index (χ2n) is 6.52. The molecule has 1 fully saturated rings. The lowest BCUT2D eigenvalue weighted by molar-refractivity contribution is 0.325. The SMILES string of the molecule is COc1cccc(NC2CCN(C3=NS(=O)(=O)c4ccccc43)CC2)c1. The van der Waals surface area contributed by atoms with Crippen LogP contribution in [0.3, 0.4) is 0 Å². The number of anilines is 1. The first-order chi connectivity index (χ1) is 12.6. The van der Waals surface area contributed by atoms with Crippen molar-refractivity contribution < 1.29 is 13.2 Å². The Morgan fingerprint density at radius 2 is 1.88 bits per heavy atom. The molecule has 2 aliphatic heterocycles. The third-order valence-electron chi connectivity index (χ3n) is 4.85. The summed E-state index contributed by atoms with van der Waals surface area (Å²) >= 11 is 0. The molecule has 0 aromatic heterocycles. The highest BCUT2D eigenvalue weighted by Gasteiger charge is 2.33. The number of benzene rings is 2.